The van der Waals surface area contributed by atoms with Crippen LogP contribution in [0.4, 0.5) is 9.59 Å². The summed E-state index contributed by atoms with van der Waals surface area (Å²) in [4.78, 5) is 49.4. The van der Waals surface area contributed by atoms with Gasteiger partial charge < -0.3 is 34.5 Å². The zero-order valence-corrected chi connectivity index (χ0v) is 25.6. The fraction of sp³-hybridized carbons (Fsp3) is 0.667. The number of benzene rings is 1. The second kappa shape index (κ2) is 16.8. The van der Waals surface area contributed by atoms with E-state index in [2.05, 4.69) is 0 Å². The molecule has 0 saturated heterocycles. The van der Waals surface area contributed by atoms with Crippen molar-refractivity contribution in [3.8, 4) is 11.5 Å². The predicted molar refractivity (Wildman–Crippen MR) is 152 cm³/mol. The maximum atomic E-state index is 12.5. The maximum absolute atomic E-state index is 12.5. The molecule has 1 rings (SSSR count). The standard InChI is InChI=1S/C30H47NO10/c1-9-11-19(5)38-28(35)40-24-14-13-23(15-25(24)41-29(36)39-20(6)12-10-2)17-30(31,27(33)34)16-21(7)37-26(32)22(8)18(3)4/h13-15,18-22H,9-12,16-17,31H2,1-8H3,(H,33,34)/t19?,20?,21-,22?,30?/m0/s1. The molecule has 3 N–H and O–H groups in total. The summed E-state index contributed by atoms with van der Waals surface area (Å²) in [7, 11) is 0. The fourth-order valence-electron chi connectivity index (χ4n) is 4.05. The first kappa shape index (κ1) is 35.7. The van der Waals surface area contributed by atoms with Crippen molar-refractivity contribution in [3.63, 3.8) is 0 Å². The van der Waals surface area contributed by atoms with Crippen LogP contribution in [0.2, 0.25) is 0 Å². The number of carboxylic acid groups (broad SMARTS) is 1. The summed E-state index contributed by atoms with van der Waals surface area (Å²) in [5.74, 6) is -2.34. The van der Waals surface area contributed by atoms with Crippen molar-refractivity contribution in [1.82, 2.24) is 0 Å². The summed E-state index contributed by atoms with van der Waals surface area (Å²) in [5.41, 5.74) is 4.85. The SMILES string of the molecule is CCCC(C)OC(=O)Oc1ccc(CC(N)(C[C@H](C)OC(=O)C(C)C(C)C)C(=O)O)cc1OC(=O)OC(C)CCC. The van der Waals surface area contributed by atoms with Crippen LogP contribution in [0.25, 0.3) is 0 Å². The Morgan fingerprint density at radius 2 is 1.32 bits per heavy atom. The van der Waals surface area contributed by atoms with Gasteiger partial charge in [-0.15, -0.1) is 0 Å². The van der Waals surface area contributed by atoms with Crippen molar-refractivity contribution >= 4 is 24.2 Å². The molecule has 0 saturated carbocycles. The lowest BCUT2D eigenvalue weighted by Gasteiger charge is -2.29. The van der Waals surface area contributed by atoms with E-state index in [1.165, 1.54) is 18.2 Å². The van der Waals surface area contributed by atoms with Crippen LogP contribution in [-0.4, -0.2) is 53.2 Å². The van der Waals surface area contributed by atoms with Crippen molar-refractivity contribution in [2.24, 2.45) is 17.6 Å². The quantitative estimate of drug-likeness (QED) is 0.133. The minimum Gasteiger partial charge on any atom is -0.480 e. The summed E-state index contributed by atoms with van der Waals surface area (Å²) >= 11 is 0. The molecule has 0 aliphatic carbocycles. The highest BCUT2D eigenvalue weighted by Gasteiger charge is 2.38. The Hall–Kier alpha value is -3.34. The lowest BCUT2D eigenvalue weighted by atomic mass is 9.86. The van der Waals surface area contributed by atoms with E-state index < -0.39 is 42.0 Å². The van der Waals surface area contributed by atoms with Crippen LogP contribution in [0.3, 0.4) is 0 Å². The normalized spacial score (nSPS) is 15.6. The molecule has 1 aromatic carbocycles. The summed E-state index contributed by atoms with van der Waals surface area (Å²) in [5, 5.41) is 9.98. The molecule has 11 heteroatoms. The Bertz CT molecular complexity index is 1030. The number of nitrogens with two attached hydrogens (primary N) is 1. The number of carboxylic acids is 1. The van der Waals surface area contributed by atoms with Crippen LogP contribution in [0.15, 0.2) is 18.2 Å². The predicted octanol–water partition coefficient (Wildman–Crippen LogP) is 6.03. The first-order chi connectivity index (χ1) is 19.1. The Balaban J connectivity index is 3.22. The Labute approximate surface area is 243 Å². The molecule has 41 heavy (non-hydrogen) atoms. The average molecular weight is 582 g/mol. The fourth-order valence-corrected chi connectivity index (χ4v) is 4.05. The van der Waals surface area contributed by atoms with Gasteiger partial charge in [0.05, 0.1) is 5.92 Å². The van der Waals surface area contributed by atoms with E-state index in [0.717, 1.165) is 12.8 Å². The highest BCUT2D eigenvalue weighted by atomic mass is 16.7. The van der Waals surface area contributed by atoms with Gasteiger partial charge >= 0.3 is 24.2 Å². The van der Waals surface area contributed by atoms with Crippen LogP contribution >= 0.6 is 0 Å². The molecule has 5 atom stereocenters. The molecule has 0 spiro atoms. The van der Waals surface area contributed by atoms with Gasteiger partial charge in [-0.2, -0.15) is 0 Å². The summed E-state index contributed by atoms with van der Waals surface area (Å²) in [6.07, 6.45) is -1.11. The van der Waals surface area contributed by atoms with Crippen molar-refractivity contribution in [2.45, 2.75) is 118 Å². The molecule has 0 fully saturated rings. The van der Waals surface area contributed by atoms with Gasteiger partial charge in [0.2, 0.25) is 0 Å². The first-order valence-electron chi connectivity index (χ1n) is 14.2. The van der Waals surface area contributed by atoms with E-state index in [1.807, 2.05) is 27.7 Å². The largest absolute Gasteiger partial charge is 0.514 e. The Morgan fingerprint density at radius 3 is 1.78 bits per heavy atom. The molecule has 0 bridgehead atoms. The van der Waals surface area contributed by atoms with Crippen LogP contribution in [0.1, 0.15) is 93.1 Å². The smallest absolute Gasteiger partial charge is 0.480 e. The number of esters is 1. The third kappa shape index (κ3) is 12.4. The van der Waals surface area contributed by atoms with Gasteiger partial charge in [0.25, 0.3) is 0 Å². The average Bonchev–Trinajstić information content (AvgIpc) is 2.84. The molecule has 0 aliphatic rings. The molecule has 0 amide bonds. The topological polar surface area (TPSA) is 161 Å². The number of carbonyl (C=O) groups is 4. The summed E-state index contributed by atoms with van der Waals surface area (Å²) < 4.78 is 26.6. The van der Waals surface area contributed by atoms with E-state index in [9.17, 15) is 24.3 Å². The van der Waals surface area contributed by atoms with Crippen molar-refractivity contribution in [3.05, 3.63) is 23.8 Å². The van der Waals surface area contributed by atoms with E-state index in [-0.39, 0.29) is 42.3 Å². The van der Waals surface area contributed by atoms with E-state index in [4.69, 9.17) is 29.4 Å². The van der Waals surface area contributed by atoms with Crippen LogP contribution in [0, 0.1) is 11.8 Å². The Kier molecular flexibility index (Phi) is 14.6. The van der Waals surface area contributed by atoms with E-state index >= 15 is 0 Å². The van der Waals surface area contributed by atoms with Gasteiger partial charge in [-0.25, -0.2) is 9.59 Å². The zero-order valence-electron chi connectivity index (χ0n) is 25.6. The molecule has 0 heterocycles. The number of aliphatic carboxylic acids is 1. The number of ether oxygens (including phenoxy) is 5. The van der Waals surface area contributed by atoms with Gasteiger partial charge in [0.15, 0.2) is 11.5 Å². The maximum Gasteiger partial charge on any atom is 0.514 e. The second-order valence-electron chi connectivity index (χ2n) is 11.0. The lowest BCUT2D eigenvalue weighted by Crippen LogP contribution is -2.52. The number of hydrogen-bond acceptors (Lipinski definition) is 10. The minimum atomic E-state index is -1.83. The summed E-state index contributed by atoms with van der Waals surface area (Å²) in [6, 6.07) is 4.21. The van der Waals surface area contributed by atoms with Gasteiger partial charge in [-0.3, -0.25) is 9.59 Å². The molecular formula is C30H47NO10. The Morgan fingerprint density at radius 1 is 0.805 bits per heavy atom. The number of rotatable bonds is 16. The summed E-state index contributed by atoms with van der Waals surface area (Å²) in [6.45, 7) is 14.4. The van der Waals surface area contributed by atoms with Gasteiger partial charge in [0.1, 0.15) is 23.9 Å². The van der Waals surface area contributed by atoms with Gasteiger partial charge in [-0.05, 0) is 57.2 Å². The molecule has 1 aromatic rings. The molecule has 11 nitrogen and oxygen atoms in total. The van der Waals surface area contributed by atoms with Crippen molar-refractivity contribution in [2.75, 3.05) is 0 Å². The third-order valence-corrected chi connectivity index (χ3v) is 6.67. The van der Waals surface area contributed by atoms with Crippen LogP contribution in [0.5, 0.6) is 11.5 Å². The van der Waals surface area contributed by atoms with Crippen LogP contribution in [-0.2, 0) is 30.2 Å². The molecule has 0 aliphatic heterocycles. The lowest BCUT2D eigenvalue weighted by molar-refractivity contribution is -0.157. The highest BCUT2D eigenvalue weighted by Crippen LogP contribution is 2.32. The molecule has 0 aromatic heterocycles. The third-order valence-electron chi connectivity index (χ3n) is 6.67. The number of hydrogen-bond donors (Lipinski definition) is 2. The molecule has 232 valence electrons. The van der Waals surface area contributed by atoms with Crippen molar-refractivity contribution < 1.29 is 48.0 Å². The highest BCUT2D eigenvalue weighted by molar-refractivity contribution is 5.79. The van der Waals surface area contributed by atoms with Crippen LogP contribution < -0.4 is 15.2 Å². The molecule has 0 radical (unpaired) electrons. The van der Waals surface area contributed by atoms with Gasteiger partial charge in [-0.1, -0.05) is 53.5 Å². The zero-order chi connectivity index (χ0) is 31.3. The van der Waals surface area contributed by atoms with Crippen molar-refractivity contribution in [1.29, 1.82) is 0 Å². The van der Waals surface area contributed by atoms with E-state index in [1.54, 1.807) is 27.7 Å². The molecular weight excluding hydrogens is 534 g/mol. The molecule has 4 unspecified atom stereocenters. The minimum absolute atomic E-state index is 0.0553. The monoisotopic (exact) mass is 581 g/mol. The first-order valence-corrected chi connectivity index (χ1v) is 14.2. The van der Waals surface area contributed by atoms with E-state index in [0.29, 0.717) is 18.4 Å². The number of carbonyl (C=O) groups excluding carboxylic acids is 3. The van der Waals surface area contributed by atoms with Gasteiger partial charge in [0, 0.05) is 12.8 Å². The second-order valence-corrected chi connectivity index (χ2v) is 11.0.